The number of hydrazone groups is 1. The first-order valence-corrected chi connectivity index (χ1v) is 12.8. The van der Waals surface area contributed by atoms with Crippen molar-refractivity contribution in [3.8, 4) is 17.2 Å². The highest BCUT2D eigenvalue weighted by Crippen LogP contribution is 2.29. The second kappa shape index (κ2) is 13.0. The largest absolute Gasteiger partial charge is 0.495 e. The van der Waals surface area contributed by atoms with Gasteiger partial charge in [0.1, 0.15) is 5.75 Å². The lowest BCUT2D eigenvalue weighted by Crippen LogP contribution is -2.46. The summed E-state index contributed by atoms with van der Waals surface area (Å²) in [5, 5.41) is 4.38. The van der Waals surface area contributed by atoms with Gasteiger partial charge >= 0.3 is 0 Å². The number of para-hydroxylation sites is 2. The van der Waals surface area contributed by atoms with E-state index in [0.29, 0.717) is 23.5 Å². The van der Waals surface area contributed by atoms with Crippen LogP contribution in [0.3, 0.4) is 0 Å². The van der Waals surface area contributed by atoms with E-state index in [1.807, 2.05) is 67.6 Å². The molecule has 1 fully saturated rings. The zero-order valence-electron chi connectivity index (χ0n) is 22.6. The maximum Gasteiger partial charge on any atom is 0.271 e. The number of nitrogens with one attached hydrogen (secondary N) is 1. The Kier molecular flexibility index (Phi) is 9.21. The molecule has 0 radical (unpaired) electrons. The Morgan fingerprint density at radius 2 is 1.47 bits per heavy atom. The molecule has 0 spiro atoms. The van der Waals surface area contributed by atoms with Gasteiger partial charge in [-0.15, -0.1) is 0 Å². The van der Waals surface area contributed by atoms with Gasteiger partial charge in [-0.3, -0.25) is 9.69 Å². The number of piperazine rings is 1. The number of hydrogen-bond donors (Lipinski definition) is 1. The molecule has 0 aliphatic carbocycles. The summed E-state index contributed by atoms with van der Waals surface area (Å²) >= 11 is 0. The molecule has 1 aliphatic rings. The lowest BCUT2D eigenvalue weighted by Gasteiger charge is -2.36. The molecule has 0 unspecified atom stereocenters. The molecule has 3 aromatic carbocycles. The maximum absolute atomic E-state index is 12.8. The van der Waals surface area contributed by atoms with Gasteiger partial charge in [-0.05, 0) is 54.4 Å². The van der Waals surface area contributed by atoms with Gasteiger partial charge in [0.2, 0.25) is 0 Å². The number of benzene rings is 3. The number of carbonyl (C=O) groups is 1. The van der Waals surface area contributed by atoms with Crippen molar-refractivity contribution >= 4 is 17.3 Å². The summed E-state index contributed by atoms with van der Waals surface area (Å²) in [6, 6.07) is 21.5. The number of rotatable bonds is 10. The minimum atomic E-state index is -0.242. The average molecular weight is 517 g/mol. The van der Waals surface area contributed by atoms with Crippen molar-refractivity contribution in [1.82, 2.24) is 10.3 Å². The Balaban J connectivity index is 1.32. The lowest BCUT2D eigenvalue weighted by molar-refractivity contribution is 0.0954. The smallest absolute Gasteiger partial charge is 0.271 e. The molecule has 3 aromatic rings. The molecule has 0 bridgehead atoms. The van der Waals surface area contributed by atoms with Crippen LogP contribution >= 0.6 is 0 Å². The molecule has 200 valence electrons. The van der Waals surface area contributed by atoms with Gasteiger partial charge in [-0.2, -0.15) is 5.10 Å². The Bertz CT molecular complexity index is 1250. The van der Waals surface area contributed by atoms with E-state index < -0.39 is 0 Å². The Morgan fingerprint density at radius 3 is 2.13 bits per heavy atom. The molecule has 38 heavy (non-hydrogen) atoms. The van der Waals surface area contributed by atoms with Crippen LogP contribution in [0.2, 0.25) is 0 Å². The van der Waals surface area contributed by atoms with Gasteiger partial charge < -0.3 is 19.1 Å². The van der Waals surface area contributed by atoms with Crippen LogP contribution in [0.5, 0.6) is 17.2 Å². The fraction of sp³-hybridized carbons (Fsp3) is 0.333. The predicted octanol–water partition coefficient (Wildman–Crippen LogP) is 4.58. The third-order valence-corrected chi connectivity index (χ3v) is 6.76. The van der Waals surface area contributed by atoms with E-state index in [0.717, 1.165) is 55.4 Å². The molecule has 1 aliphatic heterocycles. The summed E-state index contributed by atoms with van der Waals surface area (Å²) in [6.45, 7) is 6.65. The van der Waals surface area contributed by atoms with Gasteiger partial charge in [0, 0.05) is 43.9 Å². The zero-order valence-corrected chi connectivity index (χ0v) is 22.6. The standard InChI is InChI=1S/C30H36N4O4/c1-5-25(24-14-15-28(37-3)29(20-24)38-4)31-32-30(35)23-12-10-22(11-13-23)21-33-16-18-34(19-17-33)26-8-6-7-9-27(26)36-2/h6-15,20H,5,16-19,21H2,1-4H3,(H,32,35)/b31-25-. The second-order valence-electron chi connectivity index (χ2n) is 9.05. The molecule has 0 atom stereocenters. The first kappa shape index (κ1) is 27.0. The summed E-state index contributed by atoms with van der Waals surface area (Å²) in [7, 11) is 4.91. The molecule has 0 aromatic heterocycles. The van der Waals surface area contributed by atoms with Crippen LogP contribution in [0.1, 0.15) is 34.8 Å². The van der Waals surface area contributed by atoms with Crippen molar-refractivity contribution in [3.05, 3.63) is 83.4 Å². The third-order valence-electron chi connectivity index (χ3n) is 6.76. The van der Waals surface area contributed by atoms with E-state index in [4.69, 9.17) is 14.2 Å². The van der Waals surface area contributed by atoms with Gasteiger partial charge in [-0.1, -0.05) is 31.2 Å². The second-order valence-corrected chi connectivity index (χ2v) is 9.05. The molecule has 8 heteroatoms. The fourth-order valence-electron chi connectivity index (χ4n) is 4.60. The van der Waals surface area contributed by atoms with Crippen molar-refractivity contribution < 1.29 is 19.0 Å². The molecule has 1 N–H and O–H groups in total. The van der Waals surface area contributed by atoms with E-state index in [1.165, 1.54) is 5.56 Å². The van der Waals surface area contributed by atoms with E-state index in [1.54, 1.807) is 21.3 Å². The van der Waals surface area contributed by atoms with Crippen LogP contribution in [0, 0.1) is 0 Å². The van der Waals surface area contributed by atoms with Crippen molar-refractivity contribution in [2.24, 2.45) is 5.10 Å². The Hall–Kier alpha value is -4.04. The van der Waals surface area contributed by atoms with Crippen molar-refractivity contribution in [2.45, 2.75) is 19.9 Å². The molecule has 1 heterocycles. The molecular formula is C30H36N4O4. The number of amides is 1. The number of hydrogen-bond acceptors (Lipinski definition) is 7. The van der Waals surface area contributed by atoms with Crippen molar-refractivity contribution in [1.29, 1.82) is 0 Å². The normalized spacial score (nSPS) is 14.2. The van der Waals surface area contributed by atoms with E-state index in [-0.39, 0.29) is 5.91 Å². The predicted molar refractivity (Wildman–Crippen MR) is 151 cm³/mol. The van der Waals surface area contributed by atoms with Gasteiger partial charge in [0.05, 0.1) is 32.7 Å². The van der Waals surface area contributed by atoms with E-state index >= 15 is 0 Å². The van der Waals surface area contributed by atoms with Gasteiger partial charge in [0.25, 0.3) is 5.91 Å². The number of carbonyl (C=O) groups excluding carboxylic acids is 1. The quantitative estimate of drug-likeness (QED) is 0.314. The summed E-state index contributed by atoms with van der Waals surface area (Å²) in [5.41, 5.74) is 7.21. The number of ether oxygens (including phenoxy) is 3. The minimum absolute atomic E-state index is 0.242. The lowest BCUT2D eigenvalue weighted by atomic mass is 10.1. The van der Waals surface area contributed by atoms with E-state index in [9.17, 15) is 4.79 Å². The monoisotopic (exact) mass is 516 g/mol. The van der Waals surface area contributed by atoms with Crippen LogP contribution in [-0.4, -0.2) is 64.0 Å². The summed E-state index contributed by atoms with van der Waals surface area (Å²) in [6.07, 6.45) is 0.652. The summed E-state index contributed by atoms with van der Waals surface area (Å²) < 4.78 is 16.2. The first-order chi connectivity index (χ1) is 18.6. The Morgan fingerprint density at radius 1 is 0.816 bits per heavy atom. The van der Waals surface area contributed by atoms with Crippen molar-refractivity contribution in [2.75, 3.05) is 52.4 Å². The average Bonchev–Trinajstić information content (AvgIpc) is 2.98. The van der Waals surface area contributed by atoms with Crippen LogP contribution < -0.4 is 24.5 Å². The fourth-order valence-corrected chi connectivity index (χ4v) is 4.60. The molecular weight excluding hydrogens is 480 g/mol. The van der Waals surface area contributed by atoms with Crippen LogP contribution in [0.15, 0.2) is 71.8 Å². The molecule has 4 rings (SSSR count). The molecule has 8 nitrogen and oxygen atoms in total. The highest BCUT2D eigenvalue weighted by Gasteiger charge is 2.19. The van der Waals surface area contributed by atoms with Crippen LogP contribution in [0.4, 0.5) is 5.69 Å². The zero-order chi connectivity index (χ0) is 26.9. The first-order valence-electron chi connectivity index (χ1n) is 12.8. The highest BCUT2D eigenvalue weighted by atomic mass is 16.5. The maximum atomic E-state index is 12.8. The van der Waals surface area contributed by atoms with Gasteiger partial charge in [0.15, 0.2) is 11.5 Å². The topological polar surface area (TPSA) is 75.6 Å². The number of nitrogens with zero attached hydrogens (tertiary/aromatic N) is 3. The highest BCUT2D eigenvalue weighted by molar-refractivity contribution is 6.02. The molecule has 0 saturated carbocycles. The third kappa shape index (κ3) is 6.44. The number of anilines is 1. The molecule has 1 saturated heterocycles. The van der Waals surface area contributed by atoms with Crippen molar-refractivity contribution in [3.63, 3.8) is 0 Å². The summed E-state index contributed by atoms with van der Waals surface area (Å²) in [5.74, 6) is 1.94. The van der Waals surface area contributed by atoms with E-state index in [2.05, 4.69) is 26.4 Å². The molecule has 1 amide bonds. The Labute approximate surface area is 224 Å². The van der Waals surface area contributed by atoms with Crippen LogP contribution in [0.25, 0.3) is 0 Å². The van der Waals surface area contributed by atoms with Crippen LogP contribution in [-0.2, 0) is 6.54 Å². The minimum Gasteiger partial charge on any atom is -0.495 e. The SMILES string of the molecule is CC/C(=N/NC(=O)c1ccc(CN2CCN(c3ccccc3OC)CC2)cc1)c1ccc(OC)c(OC)c1. The summed E-state index contributed by atoms with van der Waals surface area (Å²) in [4.78, 5) is 17.6. The van der Waals surface area contributed by atoms with Gasteiger partial charge in [-0.25, -0.2) is 5.43 Å². The number of methoxy groups -OCH3 is 3.